The Kier molecular flexibility index (Phi) is 8.74. The van der Waals surface area contributed by atoms with Crippen molar-refractivity contribution in [1.82, 2.24) is 10.2 Å². The molecule has 1 aromatic rings. The lowest BCUT2D eigenvalue weighted by Gasteiger charge is -2.33. The summed E-state index contributed by atoms with van der Waals surface area (Å²) < 4.78 is 10.9. The summed E-state index contributed by atoms with van der Waals surface area (Å²) in [5, 5.41) is 3.22. The van der Waals surface area contributed by atoms with Crippen molar-refractivity contribution in [3.8, 4) is 0 Å². The Morgan fingerprint density at radius 1 is 1.15 bits per heavy atom. The highest BCUT2D eigenvalue weighted by Gasteiger charge is 2.50. The van der Waals surface area contributed by atoms with Crippen LogP contribution in [0, 0.1) is 5.92 Å². The highest BCUT2D eigenvalue weighted by molar-refractivity contribution is 5.89. The molecule has 1 aromatic carbocycles. The van der Waals surface area contributed by atoms with Crippen LogP contribution in [-0.2, 0) is 30.3 Å². The van der Waals surface area contributed by atoms with Crippen LogP contribution in [0.15, 0.2) is 30.3 Å². The van der Waals surface area contributed by atoms with Gasteiger partial charge in [-0.15, -0.1) is 0 Å². The molecule has 1 heterocycles. The molecule has 1 saturated carbocycles. The number of likely N-dealkylation sites (tertiary alicyclic amines) is 1. The molecule has 34 heavy (non-hydrogen) atoms. The van der Waals surface area contributed by atoms with Crippen LogP contribution in [0.1, 0.15) is 72.3 Å². The number of hydrogen-bond acceptors (Lipinski definition) is 6. The van der Waals surface area contributed by atoms with E-state index in [0.717, 1.165) is 24.8 Å². The molecule has 1 aliphatic heterocycles. The lowest BCUT2D eigenvalue weighted by atomic mass is 10.0. The highest BCUT2D eigenvalue weighted by Crippen LogP contribution is 2.42. The van der Waals surface area contributed by atoms with Crippen molar-refractivity contribution >= 4 is 17.8 Å². The van der Waals surface area contributed by atoms with Crippen molar-refractivity contribution in [1.29, 1.82) is 0 Å². The molecule has 2 aliphatic rings. The monoisotopic (exact) mass is 472 g/mol. The SMILES string of the molecule is CCOC(=O)[C@H](CCc1ccccc1)NC(C)C(=O)N1[C@H](C(=O)OC(C)(C)C)C[C@@H]2CCC[C@@H]21. The first kappa shape index (κ1) is 26.2. The molecule has 0 bridgehead atoms. The van der Waals surface area contributed by atoms with Gasteiger partial charge in [-0.25, -0.2) is 4.79 Å². The van der Waals surface area contributed by atoms with Crippen LogP contribution in [-0.4, -0.2) is 59.1 Å². The molecule has 1 saturated heterocycles. The van der Waals surface area contributed by atoms with Gasteiger partial charge >= 0.3 is 11.9 Å². The van der Waals surface area contributed by atoms with Crippen molar-refractivity contribution in [3.63, 3.8) is 0 Å². The van der Waals surface area contributed by atoms with Gasteiger partial charge in [0.05, 0.1) is 12.6 Å². The molecule has 1 amide bonds. The van der Waals surface area contributed by atoms with Crippen molar-refractivity contribution in [3.05, 3.63) is 35.9 Å². The second-order valence-corrected chi connectivity index (χ2v) is 10.5. The molecule has 5 atom stereocenters. The van der Waals surface area contributed by atoms with Gasteiger partial charge in [0.25, 0.3) is 0 Å². The summed E-state index contributed by atoms with van der Waals surface area (Å²) in [4.78, 5) is 41.1. The predicted octanol–water partition coefficient (Wildman–Crippen LogP) is 3.64. The van der Waals surface area contributed by atoms with Crippen molar-refractivity contribution in [2.24, 2.45) is 5.92 Å². The smallest absolute Gasteiger partial charge is 0.329 e. The Morgan fingerprint density at radius 2 is 1.85 bits per heavy atom. The molecule has 1 aliphatic carbocycles. The molecule has 2 fully saturated rings. The highest BCUT2D eigenvalue weighted by atomic mass is 16.6. The fraction of sp³-hybridized carbons (Fsp3) is 0.667. The lowest BCUT2D eigenvalue weighted by Crippen LogP contribution is -2.55. The normalized spacial score (nSPS) is 23.8. The van der Waals surface area contributed by atoms with Crippen LogP contribution >= 0.6 is 0 Å². The standard InChI is InChI=1S/C27H40N2O5/c1-6-33-25(31)21(16-15-19-11-8-7-9-12-19)28-18(2)24(30)29-22-14-10-13-20(22)17-23(29)26(32)34-27(3,4)5/h7-9,11-12,18,20-23,28H,6,10,13-17H2,1-5H3/t18?,20-,21-,22-,23-/m0/s1. The van der Waals surface area contributed by atoms with E-state index in [9.17, 15) is 14.4 Å². The average Bonchev–Trinajstić information content (AvgIpc) is 3.37. The average molecular weight is 473 g/mol. The van der Waals surface area contributed by atoms with Crippen LogP contribution < -0.4 is 5.32 Å². The van der Waals surface area contributed by atoms with Gasteiger partial charge in [0.2, 0.25) is 5.91 Å². The minimum Gasteiger partial charge on any atom is -0.465 e. The van der Waals surface area contributed by atoms with Crippen LogP contribution in [0.5, 0.6) is 0 Å². The topological polar surface area (TPSA) is 84.9 Å². The van der Waals surface area contributed by atoms with Gasteiger partial charge in [-0.2, -0.15) is 0 Å². The van der Waals surface area contributed by atoms with Gasteiger partial charge < -0.3 is 14.4 Å². The molecule has 188 valence electrons. The van der Waals surface area contributed by atoms with E-state index in [1.54, 1.807) is 18.7 Å². The summed E-state index contributed by atoms with van der Waals surface area (Å²) in [5.74, 6) is -0.526. The molecule has 7 nitrogen and oxygen atoms in total. The number of amides is 1. The Balaban J connectivity index is 1.72. The Hall–Kier alpha value is -2.41. The fourth-order valence-corrected chi connectivity index (χ4v) is 5.25. The van der Waals surface area contributed by atoms with E-state index >= 15 is 0 Å². The van der Waals surface area contributed by atoms with Gasteiger partial charge in [-0.05, 0) is 78.2 Å². The lowest BCUT2D eigenvalue weighted by molar-refractivity contribution is -0.164. The van der Waals surface area contributed by atoms with Crippen LogP contribution in [0.2, 0.25) is 0 Å². The third-order valence-electron chi connectivity index (χ3n) is 6.73. The molecular formula is C27H40N2O5. The maximum absolute atomic E-state index is 13.7. The number of rotatable bonds is 9. The number of nitrogens with one attached hydrogen (secondary N) is 1. The predicted molar refractivity (Wildman–Crippen MR) is 130 cm³/mol. The summed E-state index contributed by atoms with van der Waals surface area (Å²) in [6, 6.07) is 8.18. The third kappa shape index (κ3) is 6.59. The molecule has 0 aromatic heterocycles. The maximum Gasteiger partial charge on any atom is 0.329 e. The Bertz CT molecular complexity index is 850. The van der Waals surface area contributed by atoms with Crippen LogP contribution in [0.25, 0.3) is 0 Å². The van der Waals surface area contributed by atoms with Crippen LogP contribution in [0.4, 0.5) is 0 Å². The van der Waals surface area contributed by atoms with Crippen LogP contribution in [0.3, 0.4) is 0 Å². The number of aryl methyl sites for hydroxylation is 1. The summed E-state index contributed by atoms with van der Waals surface area (Å²) in [7, 11) is 0. The number of carbonyl (C=O) groups excluding carboxylic acids is 3. The largest absolute Gasteiger partial charge is 0.465 e. The minimum absolute atomic E-state index is 0.0552. The Labute approximate surface area is 203 Å². The van der Waals surface area contributed by atoms with Gasteiger partial charge in [-0.1, -0.05) is 36.8 Å². The van der Waals surface area contributed by atoms with E-state index < -0.39 is 23.7 Å². The minimum atomic E-state index is -0.630. The second-order valence-electron chi connectivity index (χ2n) is 10.5. The summed E-state index contributed by atoms with van der Waals surface area (Å²) in [6.07, 6.45) is 4.84. The van der Waals surface area contributed by atoms with Gasteiger partial charge in [0, 0.05) is 6.04 Å². The third-order valence-corrected chi connectivity index (χ3v) is 6.73. The molecular weight excluding hydrogens is 432 g/mol. The number of nitrogens with zero attached hydrogens (tertiary/aromatic N) is 1. The summed E-state index contributed by atoms with van der Waals surface area (Å²) in [6.45, 7) is 9.35. The maximum atomic E-state index is 13.7. The first-order valence-corrected chi connectivity index (χ1v) is 12.6. The van der Waals surface area contributed by atoms with Crippen molar-refractivity contribution < 1.29 is 23.9 Å². The van der Waals surface area contributed by atoms with Gasteiger partial charge in [-0.3, -0.25) is 14.9 Å². The van der Waals surface area contributed by atoms with E-state index in [4.69, 9.17) is 9.47 Å². The van der Waals surface area contributed by atoms with Crippen molar-refractivity contribution in [2.45, 2.75) is 103 Å². The van der Waals surface area contributed by atoms with Gasteiger partial charge in [0.1, 0.15) is 17.7 Å². The molecule has 3 rings (SSSR count). The summed E-state index contributed by atoms with van der Waals surface area (Å²) in [5.41, 5.74) is 0.510. The molecule has 0 radical (unpaired) electrons. The number of esters is 2. The quantitative estimate of drug-likeness (QED) is 0.553. The fourth-order valence-electron chi connectivity index (χ4n) is 5.25. The van der Waals surface area contributed by atoms with Gasteiger partial charge in [0.15, 0.2) is 0 Å². The number of carbonyl (C=O) groups is 3. The summed E-state index contributed by atoms with van der Waals surface area (Å²) >= 11 is 0. The molecule has 1 N–H and O–H groups in total. The van der Waals surface area contributed by atoms with Crippen molar-refractivity contribution in [2.75, 3.05) is 6.61 Å². The Morgan fingerprint density at radius 3 is 2.50 bits per heavy atom. The van der Waals surface area contributed by atoms with E-state index in [-0.39, 0.29) is 30.5 Å². The number of fused-ring (bicyclic) bond motifs is 1. The van der Waals surface area contributed by atoms with E-state index in [1.165, 1.54) is 0 Å². The number of ether oxygens (including phenoxy) is 2. The zero-order chi connectivity index (χ0) is 24.9. The number of benzene rings is 1. The van der Waals surface area contributed by atoms with E-state index in [0.29, 0.717) is 25.2 Å². The molecule has 0 spiro atoms. The zero-order valence-electron chi connectivity index (χ0n) is 21.2. The first-order chi connectivity index (χ1) is 16.1. The zero-order valence-corrected chi connectivity index (χ0v) is 21.2. The molecule has 1 unspecified atom stereocenters. The number of hydrogen-bond donors (Lipinski definition) is 1. The van der Waals surface area contributed by atoms with E-state index in [2.05, 4.69) is 5.32 Å². The first-order valence-electron chi connectivity index (χ1n) is 12.6. The van der Waals surface area contributed by atoms with E-state index in [1.807, 2.05) is 51.1 Å². The molecule has 7 heteroatoms. The second kappa shape index (κ2) is 11.3.